The summed E-state index contributed by atoms with van der Waals surface area (Å²) in [4.78, 5) is 15.3. The molecule has 0 amide bonds. The Kier molecular flexibility index (Phi) is 8.07. The van der Waals surface area contributed by atoms with Crippen molar-refractivity contribution in [3.63, 3.8) is 0 Å². The monoisotopic (exact) mass is 775 g/mol. The number of hydrogen-bond acceptors (Lipinski definition) is 3. The Morgan fingerprint density at radius 1 is 0.230 bits per heavy atom. The molecule has 1 aromatic heterocycles. The van der Waals surface area contributed by atoms with Crippen molar-refractivity contribution in [3.8, 4) is 89.8 Å². The largest absolute Gasteiger partial charge is 0.208 e. The Labute approximate surface area is 355 Å². The molecule has 61 heavy (non-hydrogen) atoms. The van der Waals surface area contributed by atoms with E-state index < -0.39 is 5.41 Å². The zero-order valence-corrected chi connectivity index (χ0v) is 33.2. The number of nitrogens with zero attached hydrogens (tertiary/aromatic N) is 3. The van der Waals surface area contributed by atoms with Gasteiger partial charge in [0.2, 0.25) is 0 Å². The summed E-state index contributed by atoms with van der Waals surface area (Å²) in [5.41, 5.74) is 19.9. The van der Waals surface area contributed by atoms with Crippen molar-refractivity contribution < 1.29 is 0 Å². The number of fused-ring (bicyclic) bond motifs is 10. The Morgan fingerprint density at radius 2 is 0.557 bits per heavy atom. The second kappa shape index (κ2) is 14.1. The summed E-state index contributed by atoms with van der Waals surface area (Å²) >= 11 is 0. The molecule has 0 unspecified atom stereocenters. The van der Waals surface area contributed by atoms with Crippen LogP contribution in [0.2, 0.25) is 0 Å². The van der Waals surface area contributed by atoms with Gasteiger partial charge in [-0.05, 0) is 96.1 Å². The molecule has 3 heteroatoms. The van der Waals surface area contributed by atoms with Gasteiger partial charge in [-0.2, -0.15) is 0 Å². The van der Waals surface area contributed by atoms with E-state index in [4.69, 9.17) is 15.0 Å². The van der Waals surface area contributed by atoms with Crippen LogP contribution in [0.1, 0.15) is 22.3 Å². The normalized spacial score (nSPS) is 12.7. The number of rotatable bonds is 6. The first kappa shape index (κ1) is 35.0. The summed E-state index contributed by atoms with van der Waals surface area (Å²) in [6.45, 7) is 0. The molecule has 0 radical (unpaired) electrons. The standard InChI is InChI=1S/C58H37N3/c1-3-17-38(18-4-1)40-21-14-25-44(36-40)56-59-55(39-19-5-2-6-20-39)60-57(61-56)45-26-15-23-42(37-45)41-22-13-24-43(35-41)46-30-16-31-50-49-29-9-12-34-53(49)58(54(46)50)51-32-10-7-27-47(51)48-28-8-11-33-52(48)58/h1-37H. The van der Waals surface area contributed by atoms with Gasteiger partial charge in [0, 0.05) is 16.7 Å². The number of benzene rings is 9. The molecule has 0 saturated heterocycles. The van der Waals surface area contributed by atoms with Crippen LogP contribution in [0.5, 0.6) is 0 Å². The first-order chi connectivity index (χ1) is 30.2. The summed E-state index contributed by atoms with van der Waals surface area (Å²) in [6.07, 6.45) is 0. The Bertz CT molecular complexity index is 3250. The van der Waals surface area contributed by atoms with Gasteiger partial charge in [0.15, 0.2) is 17.5 Å². The topological polar surface area (TPSA) is 38.7 Å². The van der Waals surface area contributed by atoms with E-state index in [-0.39, 0.29) is 0 Å². The molecule has 2 aliphatic carbocycles. The van der Waals surface area contributed by atoms with Gasteiger partial charge in [-0.1, -0.05) is 206 Å². The minimum Gasteiger partial charge on any atom is -0.208 e. The van der Waals surface area contributed by atoms with Crippen molar-refractivity contribution in [1.29, 1.82) is 0 Å². The molecular formula is C58H37N3. The highest BCUT2D eigenvalue weighted by Crippen LogP contribution is 2.64. The van der Waals surface area contributed by atoms with Crippen molar-refractivity contribution >= 4 is 0 Å². The van der Waals surface area contributed by atoms with Crippen molar-refractivity contribution in [2.45, 2.75) is 5.41 Å². The van der Waals surface area contributed by atoms with Gasteiger partial charge in [-0.25, -0.2) is 15.0 Å². The molecule has 0 N–H and O–H groups in total. The average Bonchev–Trinajstić information content (AvgIpc) is 3.82. The van der Waals surface area contributed by atoms with Gasteiger partial charge in [0.05, 0.1) is 5.41 Å². The van der Waals surface area contributed by atoms with E-state index in [9.17, 15) is 0 Å². The number of aromatic nitrogens is 3. The lowest BCUT2D eigenvalue weighted by Crippen LogP contribution is -2.26. The van der Waals surface area contributed by atoms with E-state index in [1.807, 2.05) is 24.3 Å². The van der Waals surface area contributed by atoms with Gasteiger partial charge >= 0.3 is 0 Å². The lowest BCUT2D eigenvalue weighted by molar-refractivity contribution is 0.796. The van der Waals surface area contributed by atoms with Crippen LogP contribution in [0.15, 0.2) is 224 Å². The summed E-state index contributed by atoms with van der Waals surface area (Å²) in [7, 11) is 0. The van der Waals surface area contributed by atoms with Crippen LogP contribution in [0.4, 0.5) is 0 Å². The van der Waals surface area contributed by atoms with E-state index >= 15 is 0 Å². The first-order valence-electron chi connectivity index (χ1n) is 20.9. The Morgan fingerprint density at radius 3 is 1.10 bits per heavy atom. The SMILES string of the molecule is c1ccc(-c2cccc(-c3nc(-c4ccccc4)nc(-c4cccc(-c5cccc(-c6cccc7c6C6(c8ccccc8-c8ccccc86)c6ccccc6-7)c5)c4)n3)c2)cc1. The van der Waals surface area contributed by atoms with Gasteiger partial charge in [0.25, 0.3) is 0 Å². The fourth-order valence-electron chi connectivity index (χ4n) is 9.92. The van der Waals surface area contributed by atoms with Crippen LogP contribution < -0.4 is 0 Å². The lowest BCUT2D eigenvalue weighted by Gasteiger charge is -2.32. The highest BCUT2D eigenvalue weighted by Gasteiger charge is 2.52. The van der Waals surface area contributed by atoms with Crippen LogP contribution in [-0.2, 0) is 5.41 Å². The van der Waals surface area contributed by atoms with Gasteiger partial charge in [-0.15, -0.1) is 0 Å². The summed E-state index contributed by atoms with van der Waals surface area (Å²) in [5.74, 6) is 1.91. The second-order valence-electron chi connectivity index (χ2n) is 15.9. The van der Waals surface area contributed by atoms with Crippen LogP contribution in [-0.4, -0.2) is 15.0 Å². The van der Waals surface area contributed by atoms with Gasteiger partial charge < -0.3 is 0 Å². The third-order valence-electron chi connectivity index (χ3n) is 12.5. The molecular weight excluding hydrogens is 739 g/mol. The van der Waals surface area contributed by atoms with E-state index in [0.717, 1.165) is 38.9 Å². The molecule has 0 aliphatic heterocycles. The Balaban J connectivity index is 0.990. The molecule has 12 rings (SSSR count). The molecule has 1 spiro atoms. The lowest BCUT2D eigenvalue weighted by atomic mass is 9.68. The van der Waals surface area contributed by atoms with E-state index in [1.54, 1.807) is 0 Å². The van der Waals surface area contributed by atoms with Crippen LogP contribution in [0.25, 0.3) is 89.8 Å². The molecule has 0 fully saturated rings. The summed E-state index contributed by atoms with van der Waals surface area (Å²) in [6, 6.07) is 80.5. The quantitative estimate of drug-likeness (QED) is 0.169. The fourth-order valence-corrected chi connectivity index (χ4v) is 9.92. The molecule has 10 aromatic rings. The van der Waals surface area contributed by atoms with E-state index in [1.165, 1.54) is 55.6 Å². The maximum Gasteiger partial charge on any atom is 0.164 e. The third-order valence-corrected chi connectivity index (χ3v) is 12.5. The predicted molar refractivity (Wildman–Crippen MR) is 249 cm³/mol. The van der Waals surface area contributed by atoms with Crippen LogP contribution in [0, 0.1) is 0 Å². The highest BCUT2D eigenvalue weighted by molar-refractivity contribution is 5.99. The van der Waals surface area contributed by atoms with Crippen molar-refractivity contribution in [3.05, 3.63) is 247 Å². The maximum absolute atomic E-state index is 5.15. The smallest absolute Gasteiger partial charge is 0.164 e. The van der Waals surface area contributed by atoms with Gasteiger partial charge in [-0.3, -0.25) is 0 Å². The third kappa shape index (κ3) is 5.55. The second-order valence-corrected chi connectivity index (χ2v) is 15.9. The van der Waals surface area contributed by atoms with Crippen LogP contribution >= 0.6 is 0 Å². The molecule has 3 nitrogen and oxygen atoms in total. The van der Waals surface area contributed by atoms with E-state index in [2.05, 4.69) is 200 Å². The Hall–Kier alpha value is -8.01. The molecule has 1 heterocycles. The van der Waals surface area contributed by atoms with Gasteiger partial charge in [0.1, 0.15) is 0 Å². The minimum absolute atomic E-state index is 0.431. The summed E-state index contributed by atoms with van der Waals surface area (Å²) in [5, 5.41) is 0. The van der Waals surface area contributed by atoms with Crippen molar-refractivity contribution in [1.82, 2.24) is 15.0 Å². The molecule has 0 bridgehead atoms. The first-order valence-corrected chi connectivity index (χ1v) is 20.9. The minimum atomic E-state index is -0.431. The predicted octanol–water partition coefficient (Wildman–Crippen LogP) is 14.2. The zero-order chi connectivity index (χ0) is 40.3. The average molecular weight is 776 g/mol. The molecule has 0 saturated carbocycles. The maximum atomic E-state index is 5.15. The van der Waals surface area contributed by atoms with E-state index in [0.29, 0.717) is 17.5 Å². The highest BCUT2D eigenvalue weighted by atomic mass is 15.0. The zero-order valence-electron chi connectivity index (χ0n) is 33.2. The molecule has 9 aromatic carbocycles. The summed E-state index contributed by atoms with van der Waals surface area (Å²) < 4.78 is 0. The molecule has 284 valence electrons. The molecule has 2 aliphatic rings. The molecule has 0 atom stereocenters. The van der Waals surface area contributed by atoms with Crippen LogP contribution in [0.3, 0.4) is 0 Å². The van der Waals surface area contributed by atoms with Crippen molar-refractivity contribution in [2.75, 3.05) is 0 Å². The fraction of sp³-hybridized carbons (Fsp3) is 0.0172. The van der Waals surface area contributed by atoms with Crippen molar-refractivity contribution in [2.24, 2.45) is 0 Å². The number of hydrogen-bond donors (Lipinski definition) is 0.